The van der Waals surface area contributed by atoms with Crippen molar-refractivity contribution in [2.75, 3.05) is 9.80 Å². The molecule has 0 unspecified atom stereocenters. The van der Waals surface area contributed by atoms with Gasteiger partial charge in [-0.2, -0.15) is 0 Å². The fourth-order valence-corrected chi connectivity index (χ4v) is 6.63. The molecule has 2 rings (SSSR count). The summed E-state index contributed by atoms with van der Waals surface area (Å²) >= 11 is 0. The number of hydrogen-bond donors (Lipinski definition) is 0. The highest BCUT2D eigenvalue weighted by Crippen LogP contribution is 2.44. The van der Waals surface area contributed by atoms with Gasteiger partial charge in [0.05, 0.1) is 0 Å². The molecular formula is C31H50N2. The number of aryl methyl sites for hydroxylation is 4. The summed E-state index contributed by atoms with van der Waals surface area (Å²) in [6.07, 6.45) is 1.02. The third-order valence-corrected chi connectivity index (χ3v) is 6.74. The first-order valence-corrected chi connectivity index (χ1v) is 12.5. The van der Waals surface area contributed by atoms with E-state index < -0.39 is 0 Å². The van der Waals surface area contributed by atoms with Gasteiger partial charge in [-0.1, -0.05) is 36.4 Å². The van der Waals surface area contributed by atoms with Crippen molar-refractivity contribution in [1.29, 1.82) is 0 Å². The summed E-state index contributed by atoms with van der Waals surface area (Å²) in [5, 5.41) is 0. The Kier molecular flexibility index (Phi) is 7.45. The number of anilines is 2. The monoisotopic (exact) mass is 450 g/mol. The molecule has 2 heteroatoms. The lowest BCUT2D eigenvalue weighted by atomic mass is 9.78. The highest BCUT2D eigenvalue weighted by molar-refractivity contribution is 5.64. The van der Waals surface area contributed by atoms with Gasteiger partial charge in [-0.25, -0.2) is 0 Å². The number of rotatable bonds is 6. The van der Waals surface area contributed by atoms with Crippen LogP contribution in [0.3, 0.4) is 0 Å². The zero-order valence-electron chi connectivity index (χ0n) is 24.1. The van der Waals surface area contributed by atoms with E-state index in [1.54, 1.807) is 0 Å². The second kappa shape index (κ2) is 9.01. The van der Waals surface area contributed by atoms with Crippen molar-refractivity contribution in [1.82, 2.24) is 0 Å². The van der Waals surface area contributed by atoms with E-state index in [0.717, 1.165) is 6.42 Å². The Morgan fingerprint density at radius 2 is 0.727 bits per heavy atom. The normalized spacial score (nSPS) is 13.3. The van der Waals surface area contributed by atoms with Gasteiger partial charge in [0, 0.05) is 33.5 Å². The topological polar surface area (TPSA) is 6.48 Å². The third-order valence-electron chi connectivity index (χ3n) is 6.74. The van der Waals surface area contributed by atoms with Gasteiger partial charge in [0.15, 0.2) is 0 Å². The molecule has 0 aliphatic rings. The first kappa shape index (κ1) is 27.3. The fourth-order valence-electron chi connectivity index (χ4n) is 6.63. The number of benzene rings is 2. The molecule has 0 aliphatic heterocycles. The highest BCUT2D eigenvalue weighted by Gasteiger charge is 2.44. The Morgan fingerprint density at radius 3 is 0.939 bits per heavy atom. The molecule has 0 bridgehead atoms. The van der Waals surface area contributed by atoms with Crippen LogP contribution in [-0.4, -0.2) is 22.2 Å². The molecule has 0 radical (unpaired) electrons. The molecule has 2 nitrogen and oxygen atoms in total. The molecule has 184 valence electrons. The van der Waals surface area contributed by atoms with Gasteiger partial charge >= 0.3 is 0 Å². The predicted octanol–water partition coefficient (Wildman–Crippen LogP) is 8.78. The Hall–Kier alpha value is -1.96. The molecule has 0 spiro atoms. The Labute approximate surface area is 205 Å². The summed E-state index contributed by atoms with van der Waals surface area (Å²) in [6, 6.07) is 13.4. The fraction of sp³-hybridized carbons (Fsp3) is 0.613. The van der Waals surface area contributed by atoms with Gasteiger partial charge in [-0.3, -0.25) is 0 Å². The van der Waals surface area contributed by atoms with Crippen LogP contribution in [0.2, 0.25) is 0 Å². The lowest BCUT2D eigenvalue weighted by molar-refractivity contribution is 0.249. The summed E-state index contributed by atoms with van der Waals surface area (Å²) in [4.78, 5) is 5.36. The van der Waals surface area contributed by atoms with Crippen LogP contribution in [0.4, 0.5) is 11.4 Å². The van der Waals surface area contributed by atoms with E-state index in [1.807, 2.05) is 0 Å². The van der Waals surface area contributed by atoms with Gasteiger partial charge in [-0.15, -0.1) is 0 Å². The van der Waals surface area contributed by atoms with Crippen molar-refractivity contribution in [2.24, 2.45) is 0 Å². The summed E-state index contributed by atoms with van der Waals surface area (Å²) < 4.78 is 0. The average Bonchev–Trinajstić information content (AvgIpc) is 2.57. The first-order chi connectivity index (χ1) is 14.8. The van der Waals surface area contributed by atoms with Crippen molar-refractivity contribution in [3.05, 3.63) is 58.7 Å². The lowest BCUT2D eigenvalue weighted by Crippen LogP contribution is -2.62. The van der Waals surface area contributed by atoms with Crippen molar-refractivity contribution in [2.45, 2.75) is 126 Å². The van der Waals surface area contributed by atoms with Crippen LogP contribution >= 0.6 is 0 Å². The standard InChI is InChI=1S/C31H50N2/c1-22-17-15-18-23(2)26(22)32(28(5,6)7)30(11,12)21-31(13,14)33(29(8,9)10)27-24(3)19-16-20-25(27)4/h15-20H,21H2,1-14H3. The Morgan fingerprint density at radius 1 is 0.485 bits per heavy atom. The minimum Gasteiger partial charge on any atom is -0.361 e. The van der Waals surface area contributed by atoms with Crippen LogP contribution in [0.25, 0.3) is 0 Å². The largest absolute Gasteiger partial charge is 0.361 e. The third kappa shape index (κ3) is 5.76. The zero-order valence-corrected chi connectivity index (χ0v) is 24.1. The minimum absolute atomic E-state index is 0.0123. The molecule has 0 amide bonds. The zero-order chi connectivity index (χ0) is 25.6. The number of nitrogens with zero attached hydrogens (tertiary/aromatic N) is 2. The van der Waals surface area contributed by atoms with Gasteiger partial charge in [0.2, 0.25) is 0 Å². The second-order valence-electron chi connectivity index (χ2n) is 13.3. The summed E-state index contributed by atoms with van der Waals surface area (Å²) in [7, 11) is 0. The van der Waals surface area contributed by atoms with Crippen molar-refractivity contribution in [3.63, 3.8) is 0 Å². The van der Waals surface area contributed by atoms with Crippen molar-refractivity contribution >= 4 is 11.4 Å². The molecule has 2 aromatic rings. The van der Waals surface area contributed by atoms with E-state index in [-0.39, 0.29) is 22.2 Å². The van der Waals surface area contributed by atoms with Gasteiger partial charge in [0.1, 0.15) is 0 Å². The summed E-state index contributed by atoms with van der Waals surface area (Å²) in [5.41, 5.74) is 7.97. The molecule has 33 heavy (non-hydrogen) atoms. The average molecular weight is 451 g/mol. The van der Waals surface area contributed by atoms with E-state index in [9.17, 15) is 0 Å². The van der Waals surface area contributed by atoms with Gasteiger partial charge < -0.3 is 9.80 Å². The van der Waals surface area contributed by atoms with E-state index in [0.29, 0.717) is 0 Å². The molecule has 0 fully saturated rings. The molecule has 0 heterocycles. The van der Waals surface area contributed by atoms with Crippen molar-refractivity contribution < 1.29 is 0 Å². The number of hydrogen-bond acceptors (Lipinski definition) is 2. The van der Waals surface area contributed by atoms with E-state index in [4.69, 9.17) is 0 Å². The van der Waals surface area contributed by atoms with Crippen LogP contribution in [0, 0.1) is 27.7 Å². The summed E-state index contributed by atoms with van der Waals surface area (Å²) in [6.45, 7) is 32.8. The van der Waals surface area contributed by atoms with Crippen LogP contribution in [-0.2, 0) is 0 Å². The Bertz CT molecular complexity index is 847. The van der Waals surface area contributed by atoms with E-state index in [2.05, 4.69) is 143 Å². The maximum Gasteiger partial charge on any atom is 0.0434 e. The van der Waals surface area contributed by atoms with E-state index in [1.165, 1.54) is 33.6 Å². The predicted molar refractivity (Wildman–Crippen MR) is 149 cm³/mol. The molecule has 0 saturated carbocycles. The van der Waals surface area contributed by atoms with Gasteiger partial charge in [-0.05, 0) is 126 Å². The van der Waals surface area contributed by atoms with Crippen LogP contribution in [0.5, 0.6) is 0 Å². The molecule has 2 aromatic carbocycles. The SMILES string of the molecule is Cc1cccc(C)c1N(C(C)(C)C)C(C)(C)CC(C)(C)N(c1c(C)cccc1C)C(C)(C)C. The molecule has 0 atom stereocenters. The smallest absolute Gasteiger partial charge is 0.0434 e. The Balaban J connectivity index is 2.66. The molecule has 0 aromatic heterocycles. The molecule has 0 N–H and O–H groups in total. The minimum atomic E-state index is -0.0707. The lowest BCUT2D eigenvalue weighted by Gasteiger charge is -2.57. The molecule has 0 aliphatic carbocycles. The quantitative estimate of drug-likeness (QED) is 0.434. The van der Waals surface area contributed by atoms with Crippen LogP contribution < -0.4 is 9.80 Å². The maximum atomic E-state index is 2.68. The first-order valence-electron chi connectivity index (χ1n) is 12.5. The van der Waals surface area contributed by atoms with Crippen molar-refractivity contribution in [3.8, 4) is 0 Å². The van der Waals surface area contributed by atoms with Crippen LogP contribution in [0.15, 0.2) is 36.4 Å². The van der Waals surface area contributed by atoms with E-state index >= 15 is 0 Å². The second-order valence-corrected chi connectivity index (χ2v) is 13.3. The highest BCUT2D eigenvalue weighted by atomic mass is 15.3. The maximum absolute atomic E-state index is 2.68. The molecular weight excluding hydrogens is 400 g/mol. The number of para-hydroxylation sites is 2. The molecule has 0 saturated heterocycles. The summed E-state index contributed by atoms with van der Waals surface area (Å²) in [5.74, 6) is 0. The van der Waals surface area contributed by atoms with Crippen LogP contribution in [0.1, 0.15) is 97.9 Å². The van der Waals surface area contributed by atoms with Gasteiger partial charge in [0.25, 0.3) is 0 Å².